The van der Waals surface area contributed by atoms with Crippen molar-refractivity contribution in [3.8, 4) is 5.75 Å². The summed E-state index contributed by atoms with van der Waals surface area (Å²) in [5.41, 5.74) is 0.398. The van der Waals surface area contributed by atoms with Crippen LogP contribution in [0.5, 0.6) is 5.75 Å². The van der Waals surface area contributed by atoms with Crippen LogP contribution in [0.2, 0.25) is 0 Å². The first-order chi connectivity index (χ1) is 12.4. The van der Waals surface area contributed by atoms with Gasteiger partial charge in [0.25, 0.3) is 0 Å². The van der Waals surface area contributed by atoms with Crippen LogP contribution in [0.15, 0.2) is 24.3 Å². The van der Waals surface area contributed by atoms with Gasteiger partial charge in [-0.2, -0.15) is 0 Å². The third-order valence-electron chi connectivity index (χ3n) is 5.70. The Morgan fingerprint density at radius 3 is 2.62 bits per heavy atom. The molecular weight excluding hydrogens is 352 g/mol. The van der Waals surface area contributed by atoms with Gasteiger partial charge >= 0.3 is 0 Å². The first-order valence-electron chi connectivity index (χ1n) is 9.33. The van der Waals surface area contributed by atoms with Crippen molar-refractivity contribution in [3.63, 3.8) is 0 Å². The maximum atomic E-state index is 13.1. The molecule has 1 N–H and O–H groups in total. The van der Waals surface area contributed by atoms with E-state index in [1.807, 2.05) is 31.2 Å². The van der Waals surface area contributed by atoms with Crippen molar-refractivity contribution in [1.82, 2.24) is 4.31 Å². The number of amides is 1. The SMILES string of the molecule is CCOc1ccccc1NC(=O)[C@H]1CN(S(C)(=O)=O)CC12CCCCC2. The highest BCUT2D eigenvalue weighted by Crippen LogP contribution is 2.48. The second-order valence-corrected chi connectivity index (χ2v) is 9.43. The number of sulfonamides is 1. The predicted octanol–water partition coefficient (Wildman–Crippen LogP) is 2.87. The molecule has 6 nitrogen and oxygen atoms in total. The van der Waals surface area contributed by atoms with Crippen LogP contribution >= 0.6 is 0 Å². The average molecular weight is 381 g/mol. The maximum Gasteiger partial charge on any atom is 0.229 e. The van der Waals surface area contributed by atoms with Gasteiger partial charge in [-0.3, -0.25) is 4.79 Å². The summed E-state index contributed by atoms with van der Waals surface area (Å²) < 4.78 is 31.3. The quantitative estimate of drug-likeness (QED) is 0.852. The van der Waals surface area contributed by atoms with Crippen LogP contribution in [0.1, 0.15) is 39.0 Å². The molecule has 7 heteroatoms. The van der Waals surface area contributed by atoms with Gasteiger partial charge in [0.15, 0.2) is 0 Å². The fraction of sp³-hybridized carbons (Fsp3) is 0.632. The van der Waals surface area contributed by atoms with E-state index in [1.54, 1.807) is 0 Å². The molecule has 3 rings (SSSR count). The molecule has 0 unspecified atom stereocenters. The van der Waals surface area contributed by atoms with Gasteiger partial charge in [-0.05, 0) is 37.3 Å². The second kappa shape index (κ2) is 7.56. The Hall–Kier alpha value is -1.60. The molecule has 1 atom stereocenters. The Kier molecular flexibility index (Phi) is 5.58. The van der Waals surface area contributed by atoms with Gasteiger partial charge in [0.05, 0.1) is 24.5 Å². The summed E-state index contributed by atoms with van der Waals surface area (Å²) in [5, 5.41) is 3.00. The van der Waals surface area contributed by atoms with Gasteiger partial charge in [0, 0.05) is 13.1 Å². The molecule has 1 aromatic rings. The molecule has 2 aliphatic rings. The number of nitrogens with zero attached hydrogens (tertiary/aromatic N) is 1. The number of para-hydroxylation sites is 2. The summed E-state index contributed by atoms with van der Waals surface area (Å²) >= 11 is 0. The van der Waals surface area contributed by atoms with E-state index in [1.165, 1.54) is 10.6 Å². The lowest BCUT2D eigenvalue weighted by Crippen LogP contribution is -2.39. The van der Waals surface area contributed by atoms with Crippen molar-refractivity contribution in [1.29, 1.82) is 0 Å². The molecule has 1 aliphatic carbocycles. The molecule has 1 amide bonds. The Bertz CT molecular complexity index is 757. The Morgan fingerprint density at radius 1 is 1.27 bits per heavy atom. The summed E-state index contributed by atoms with van der Waals surface area (Å²) in [6.45, 7) is 3.14. The Labute approximate surface area is 156 Å². The lowest BCUT2D eigenvalue weighted by Gasteiger charge is -2.37. The fourth-order valence-electron chi connectivity index (χ4n) is 4.37. The molecule has 1 saturated carbocycles. The number of rotatable bonds is 5. The zero-order valence-electron chi connectivity index (χ0n) is 15.5. The van der Waals surface area contributed by atoms with Crippen molar-refractivity contribution in [2.45, 2.75) is 39.0 Å². The van der Waals surface area contributed by atoms with Crippen LogP contribution < -0.4 is 10.1 Å². The van der Waals surface area contributed by atoms with Crippen molar-refractivity contribution in [2.75, 3.05) is 31.3 Å². The molecule has 26 heavy (non-hydrogen) atoms. The number of carbonyl (C=O) groups is 1. The molecule has 1 spiro atoms. The molecule has 1 saturated heterocycles. The molecule has 0 radical (unpaired) electrons. The molecule has 1 aromatic carbocycles. The molecule has 144 valence electrons. The number of ether oxygens (including phenoxy) is 1. The third kappa shape index (κ3) is 3.88. The number of hydrogen-bond donors (Lipinski definition) is 1. The molecule has 0 bridgehead atoms. The first-order valence-corrected chi connectivity index (χ1v) is 11.2. The molecule has 1 heterocycles. The van der Waals surface area contributed by atoms with Gasteiger partial charge in [-0.1, -0.05) is 31.4 Å². The predicted molar refractivity (Wildman–Crippen MR) is 102 cm³/mol. The molecular formula is C19H28N2O4S. The Balaban J connectivity index is 1.84. The summed E-state index contributed by atoms with van der Waals surface area (Å²) in [5.74, 6) is 0.205. The summed E-state index contributed by atoms with van der Waals surface area (Å²) in [6.07, 6.45) is 6.30. The van der Waals surface area contributed by atoms with Crippen LogP contribution in [-0.4, -0.2) is 44.6 Å². The standard InChI is InChI=1S/C19H28N2O4S/c1-3-25-17-10-6-5-9-16(17)20-18(22)15-13-21(26(2,23)24)14-19(15)11-7-4-8-12-19/h5-6,9-10,15H,3-4,7-8,11-14H2,1-2H3,(H,20,22)/t15-/m1/s1. The molecule has 2 fully saturated rings. The maximum absolute atomic E-state index is 13.1. The Morgan fingerprint density at radius 2 is 1.96 bits per heavy atom. The zero-order valence-corrected chi connectivity index (χ0v) is 16.3. The minimum atomic E-state index is -3.31. The van der Waals surface area contributed by atoms with Crippen LogP contribution in [0.3, 0.4) is 0 Å². The topological polar surface area (TPSA) is 75.7 Å². The number of anilines is 1. The van der Waals surface area contributed by atoms with E-state index in [0.717, 1.165) is 32.1 Å². The third-order valence-corrected chi connectivity index (χ3v) is 6.91. The van der Waals surface area contributed by atoms with Gasteiger partial charge in [0.1, 0.15) is 5.75 Å². The minimum Gasteiger partial charge on any atom is -0.492 e. The van der Waals surface area contributed by atoms with E-state index < -0.39 is 10.0 Å². The van der Waals surface area contributed by atoms with Gasteiger partial charge in [0.2, 0.25) is 15.9 Å². The van der Waals surface area contributed by atoms with Crippen LogP contribution in [0.25, 0.3) is 0 Å². The number of hydrogen-bond acceptors (Lipinski definition) is 4. The van der Waals surface area contributed by atoms with Crippen molar-refractivity contribution in [2.24, 2.45) is 11.3 Å². The minimum absolute atomic E-state index is 0.106. The van der Waals surface area contributed by atoms with E-state index in [-0.39, 0.29) is 23.8 Å². The van der Waals surface area contributed by atoms with E-state index in [4.69, 9.17) is 4.74 Å². The summed E-state index contributed by atoms with van der Waals surface area (Å²) in [6, 6.07) is 7.36. The number of nitrogens with one attached hydrogen (secondary N) is 1. The lowest BCUT2D eigenvalue weighted by molar-refractivity contribution is -0.123. The molecule has 0 aromatic heterocycles. The van der Waals surface area contributed by atoms with E-state index in [2.05, 4.69) is 5.32 Å². The number of carbonyl (C=O) groups excluding carboxylic acids is 1. The molecule has 1 aliphatic heterocycles. The van der Waals surface area contributed by atoms with E-state index in [0.29, 0.717) is 24.6 Å². The summed E-state index contributed by atoms with van der Waals surface area (Å²) in [4.78, 5) is 13.1. The normalized spacial score (nSPS) is 23.1. The average Bonchev–Trinajstić information content (AvgIpc) is 2.97. The highest BCUT2D eigenvalue weighted by atomic mass is 32.2. The van der Waals surface area contributed by atoms with Crippen LogP contribution in [-0.2, 0) is 14.8 Å². The zero-order chi connectivity index (χ0) is 18.8. The van der Waals surface area contributed by atoms with Crippen molar-refractivity contribution < 1.29 is 17.9 Å². The van der Waals surface area contributed by atoms with Gasteiger partial charge < -0.3 is 10.1 Å². The highest BCUT2D eigenvalue weighted by molar-refractivity contribution is 7.88. The second-order valence-electron chi connectivity index (χ2n) is 7.45. The smallest absolute Gasteiger partial charge is 0.229 e. The van der Waals surface area contributed by atoms with Crippen LogP contribution in [0.4, 0.5) is 5.69 Å². The van der Waals surface area contributed by atoms with E-state index in [9.17, 15) is 13.2 Å². The monoisotopic (exact) mass is 380 g/mol. The summed E-state index contributed by atoms with van der Waals surface area (Å²) in [7, 11) is -3.31. The van der Waals surface area contributed by atoms with Crippen molar-refractivity contribution >= 4 is 21.6 Å². The largest absolute Gasteiger partial charge is 0.492 e. The van der Waals surface area contributed by atoms with Gasteiger partial charge in [-0.25, -0.2) is 12.7 Å². The van der Waals surface area contributed by atoms with E-state index >= 15 is 0 Å². The van der Waals surface area contributed by atoms with Gasteiger partial charge in [-0.15, -0.1) is 0 Å². The van der Waals surface area contributed by atoms with Crippen molar-refractivity contribution in [3.05, 3.63) is 24.3 Å². The lowest BCUT2D eigenvalue weighted by atomic mass is 9.67. The number of benzene rings is 1. The highest BCUT2D eigenvalue weighted by Gasteiger charge is 2.52. The van der Waals surface area contributed by atoms with Crippen LogP contribution in [0, 0.1) is 11.3 Å². The first kappa shape index (κ1) is 19.2. The fourth-order valence-corrected chi connectivity index (χ4v) is 5.28.